The second-order valence-corrected chi connectivity index (χ2v) is 7.54. The summed E-state index contributed by atoms with van der Waals surface area (Å²) >= 11 is 0.812. The molecule has 9 heteroatoms. The highest BCUT2D eigenvalue weighted by Gasteiger charge is 2.36. The first-order valence-electron chi connectivity index (χ1n) is 9.46. The largest absolute Gasteiger partial charge is 0.493 e. The van der Waals surface area contributed by atoms with Gasteiger partial charge in [-0.2, -0.15) is 0 Å². The van der Waals surface area contributed by atoms with E-state index >= 15 is 0 Å². The minimum absolute atomic E-state index is 0.00315. The predicted octanol–water partition coefficient (Wildman–Crippen LogP) is 2.43. The lowest BCUT2D eigenvalue weighted by Crippen LogP contribution is -2.41. The van der Waals surface area contributed by atoms with Crippen LogP contribution in [0.5, 0.6) is 11.5 Å². The fraction of sp³-hybridized carbons (Fsp3) is 0.450. The summed E-state index contributed by atoms with van der Waals surface area (Å²) < 4.78 is 16.2. The van der Waals surface area contributed by atoms with E-state index in [1.54, 1.807) is 24.3 Å². The molecular formula is C20H24N2O6S. The third-order valence-corrected chi connectivity index (χ3v) is 5.42. The zero-order valence-electron chi connectivity index (χ0n) is 16.4. The highest BCUT2D eigenvalue weighted by atomic mass is 32.2. The first-order valence-corrected chi connectivity index (χ1v) is 10.3. The minimum atomic E-state index is -0.486. The average molecular weight is 420 g/mol. The Morgan fingerprint density at radius 2 is 2.21 bits per heavy atom. The molecule has 0 saturated carbocycles. The molecule has 2 aliphatic heterocycles. The molecule has 1 aromatic carbocycles. The Bertz CT molecular complexity index is 819. The summed E-state index contributed by atoms with van der Waals surface area (Å²) in [5.74, 6) is 0.267. The Hall–Kier alpha value is -2.52. The van der Waals surface area contributed by atoms with E-state index in [4.69, 9.17) is 14.2 Å². The summed E-state index contributed by atoms with van der Waals surface area (Å²) in [7, 11) is 1.53. The fourth-order valence-corrected chi connectivity index (χ4v) is 3.91. The number of carbonyl (C=O) groups excluding carboxylic acids is 3. The molecular weight excluding hydrogens is 396 g/mol. The van der Waals surface area contributed by atoms with Gasteiger partial charge < -0.3 is 19.5 Å². The second-order valence-electron chi connectivity index (χ2n) is 6.55. The lowest BCUT2D eigenvalue weighted by molar-refractivity contribution is -0.129. The third-order valence-electron chi connectivity index (χ3n) is 4.51. The Labute approximate surface area is 173 Å². The van der Waals surface area contributed by atoms with E-state index in [0.717, 1.165) is 29.5 Å². The number of carbonyl (C=O) groups is 3. The van der Waals surface area contributed by atoms with Gasteiger partial charge in [0.1, 0.15) is 6.54 Å². The number of amides is 3. The highest BCUT2D eigenvalue weighted by molar-refractivity contribution is 8.18. The van der Waals surface area contributed by atoms with E-state index in [9.17, 15) is 14.4 Å². The predicted molar refractivity (Wildman–Crippen MR) is 109 cm³/mol. The number of benzene rings is 1. The molecule has 0 spiro atoms. The van der Waals surface area contributed by atoms with Crippen LogP contribution in [0.15, 0.2) is 23.1 Å². The SMILES string of the molecule is CCOc1ccc(/C=C2\SC(=O)N(CC(=O)NC[C@H]3CCCO3)C2=O)cc1OC. The van der Waals surface area contributed by atoms with Gasteiger partial charge in [0.2, 0.25) is 5.91 Å². The van der Waals surface area contributed by atoms with Crippen molar-refractivity contribution in [2.45, 2.75) is 25.9 Å². The van der Waals surface area contributed by atoms with E-state index in [1.807, 2.05) is 6.92 Å². The summed E-state index contributed by atoms with van der Waals surface area (Å²) in [6.07, 6.45) is 3.48. The van der Waals surface area contributed by atoms with Gasteiger partial charge in [0.05, 0.1) is 24.7 Å². The molecule has 0 aliphatic carbocycles. The summed E-state index contributed by atoms with van der Waals surface area (Å²) in [5.41, 5.74) is 0.693. The summed E-state index contributed by atoms with van der Waals surface area (Å²) in [5, 5.41) is 2.25. The van der Waals surface area contributed by atoms with Crippen molar-refractivity contribution in [2.75, 3.05) is 33.4 Å². The van der Waals surface area contributed by atoms with Crippen LogP contribution in [-0.2, 0) is 14.3 Å². The monoisotopic (exact) mass is 420 g/mol. The van der Waals surface area contributed by atoms with Crippen molar-refractivity contribution in [3.05, 3.63) is 28.7 Å². The number of hydrogen-bond acceptors (Lipinski definition) is 7. The van der Waals surface area contributed by atoms with Crippen LogP contribution in [0.3, 0.4) is 0 Å². The maximum atomic E-state index is 12.6. The first-order chi connectivity index (χ1) is 14.0. The van der Waals surface area contributed by atoms with E-state index in [1.165, 1.54) is 7.11 Å². The molecule has 3 amide bonds. The van der Waals surface area contributed by atoms with Crippen LogP contribution < -0.4 is 14.8 Å². The number of rotatable bonds is 8. The van der Waals surface area contributed by atoms with Crippen molar-refractivity contribution >= 4 is 34.9 Å². The average Bonchev–Trinajstić information content (AvgIpc) is 3.32. The maximum Gasteiger partial charge on any atom is 0.294 e. The molecule has 2 fully saturated rings. The highest BCUT2D eigenvalue weighted by Crippen LogP contribution is 2.34. The van der Waals surface area contributed by atoms with Crippen molar-refractivity contribution in [2.24, 2.45) is 0 Å². The lowest BCUT2D eigenvalue weighted by atomic mass is 10.2. The number of hydrogen-bond donors (Lipinski definition) is 1. The molecule has 3 rings (SSSR count). The summed E-state index contributed by atoms with van der Waals surface area (Å²) in [4.78, 5) is 38.1. The van der Waals surface area contributed by atoms with Crippen molar-refractivity contribution in [1.29, 1.82) is 0 Å². The van der Waals surface area contributed by atoms with Gasteiger partial charge in [0.25, 0.3) is 11.1 Å². The van der Waals surface area contributed by atoms with Crippen molar-refractivity contribution in [1.82, 2.24) is 10.2 Å². The molecule has 1 N–H and O–H groups in total. The van der Waals surface area contributed by atoms with Gasteiger partial charge in [-0.25, -0.2) is 0 Å². The fourth-order valence-electron chi connectivity index (χ4n) is 3.07. The van der Waals surface area contributed by atoms with E-state index in [-0.39, 0.29) is 23.5 Å². The van der Waals surface area contributed by atoms with Crippen LogP contribution in [0.2, 0.25) is 0 Å². The van der Waals surface area contributed by atoms with Crippen LogP contribution in [0.4, 0.5) is 4.79 Å². The van der Waals surface area contributed by atoms with Crippen LogP contribution in [0, 0.1) is 0 Å². The smallest absolute Gasteiger partial charge is 0.294 e. The Balaban J connectivity index is 1.64. The number of methoxy groups -OCH3 is 1. The topological polar surface area (TPSA) is 94.2 Å². The Kier molecular flexibility index (Phi) is 7.16. The number of nitrogens with one attached hydrogen (secondary N) is 1. The van der Waals surface area contributed by atoms with Crippen LogP contribution >= 0.6 is 11.8 Å². The number of imide groups is 1. The molecule has 156 valence electrons. The van der Waals surface area contributed by atoms with Crippen molar-refractivity contribution < 1.29 is 28.6 Å². The zero-order valence-corrected chi connectivity index (χ0v) is 17.3. The molecule has 0 radical (unpaired) electrons. The molecule has 8 nitrogen and oxygen atoms in total. The Morgan fingerprint density at radius 1 is 1.38 bits per heavy atom. The third kappa shape index (κ3) is 5.30. The molecule has 0 bridgehead atoms. The van der Waals surface area contributed by atoms with Crippen molar-refractivity contribution in [3.8, 4) is 11.5 Å². The van der Waals surface area contributed by atoms with Gasteiger partial charge in [-0.05, 0) is 55.3 Å². The van der Waals surface area contributed by atoms with Gasteiger partial charge in [-0.1, -0.05) is 6.07 Å². The normalized spacial score (nSPS) is 20.4. The molecule has 29 heavy (non-hydrogen) atoms. The van der Waals surface area contributed by atoms with Crippen LogP contribution in [-0.4, -0.2) is 61.5 Å². The first kappa shape index (κ1) is 21.2. The molecule has 1 atom stereocenters. The van der Waals surface area contributed by atoms with Gasteiger partial charge in [0.15, 0.2) is 11.5 Å². The van der Waals surface area contributed by atoms with Crippen LogP contribution in [0.1, 0.15) is 25.3 Å². The van der Waals surface area contributed by atoms with E-state index in [0.29, 0.717) is 36.8 Å². The van der Waals surface area contributed by atoms with Crippen LogP contribution in [0.25, 0.3) is 6.08 Å². The standard InChI is InChI=1S/C20H24N2O6S/c1-3-27-15-7-6-13(9-16(15)26-2)10-17-19(24)22(20(25)29-17)12-18(23)21-11-14-5-4-8-28-14/h6-7,9-10,14H,3-5,8,11-12H2,1-2H3,(H,21,23)/b17-10-/t14-/m1/s1. The maximum absolute atomic E-state index is 12.6. The lowest BCUT2D eigenvalue weighted by Gasteiger charge is -2.14. The van der Waals surface area contributed by atoms with Gasteiger partial charge in [-0.15, -0.1) is 0 Å². The van der Waals surface area contributed by atoms with Gasteiger partial charge in [-0.3, -0.25) is 19.3 Å². The number of ether oxygens (including phenoxy) is 3. The quantitative estimate of drug-likeness (QED) is 0.646. The molecule has 2 heterocycles. The van der Waals surface area contributed by atoms with Gasteiger partial charge in [0, 0.05) is 13.2 Å². The van der Waals surface area contributed by atoms with Gasteiger partial charge >= 0.3 is 0 Å². The molecule has 2 saturated heterocycles. The van der Waals surface area contributed by atoms with E-state index < -0.39 is 11.1 Å². The zero-order chi connectivity index (χ0) is 20.8. The second kappa shape index (κ2) is 9.80. The van der Waals surface area contributed by atoms with Crippen molar-refractivity contribution in [3.63, 3.8) is 0 Å². The molecule has 0 unspecified atom stereocenters. The number of thioether (sulfide) groups is 1. The summed E-state index contributed by atoms with van der Waals surface area (Å²) in [6.45, 7) is 3.16. The molecule has 0 aromatic heterocycles. The molecule has 1 aromatic rings. The van der Waals surface area contributed by atoms with E-state index in [2.05, 4.69) is 5.32 Å². The summed E-state index contributed by atoms with van der Waals surface area (Å²) in [6, 6.07) is 5.25. The number of nitrogens with zero attached hydrogens (tertiary/aromatic N) is 1. The molecule has 2 aliphatic rings. The minimum Gasteiger partial charge on any atom is -0.493 e. The Morgan fingerprint density at radius 3 is 2.90 bits per heavy atom.